The number of amidine groups is 1. The number of carbonyl (C=O) groups excluding carboxylic acids is 1. The molecule has 0 aliphatic heterocycles. The number of hydrogen-bond acceptors (Lipinski definition) is 4. The van der Waals surface area contributed by atoms with Crippen LogP contribution in [0.3, 0.4) is 0 Å². The predicted molar refractivity (Wildman–Crippen MR) is 174 cm³/mol. The van der Waals surface area contributed by atoms with Gasteiger partial charge in [-0.05, 0) is 81.0 Å². The molecule has 10 heteroatoms. The van der Waals surface area contributed by atoms with Crippen LogP contribution in [0.2, 0.25) is 0 Å². The third-order valence-corrected chi connectivity index (χ3v) is 7.61. The second-order valence-electron chi connectivity index (χ2n) is 11.5. The highest BCUT2D eigenvalue weighted by Crippen LogP contribution is 2.41. The fraction of sp³-hybridized carbons (Fsp3) is 0.314. The van der Waals surface area contributed by atoms with E-state index in [1.54, 1.807) is 18.2 Å². The van der Waals surface area contributed by atoms with Crippen LogP contribution in [-0.4, -0.2) is 25.0 Å². The minimum Gasteiger partial charge on any atom is -0.384 e. The standard InChI is InChI=1S/C35H41F4N5O/c1-6-7-10-26(18-22(2)3)34(42,17-16-24-12-13-24)27-14-15-29(36)30(21-27)43-33(45)31(19-23(4)35(37,38)39)44(5)28-11-8-9-25(20-28)32(40)41/h6-11,14-15,18-21,24H,4,12-13,16-17,42H2,1-3,5H3,(H3,40,41)(H,43,45)/b7-6-,26-10+,31-19-. The summed E-state index contributed by atoms with van der Waals surface area (Å²) < 4.78 is 55.9. The largest absolute Gasteiger partial charge is 0.415 e. The van der Waals surface area contributed by atoms with E-state index < -0.39 is 34.7 Å². The van der Waals surface area contributed by atoms with E-state index in [1.807, 2.05) is 45.1 Å². The fourth-order valence-electron chi connectivity index (χ4n) is 4.80. The van der Waals surface area contributed by atoms with Gasteiger partial charge in [-0.25, -0.2) is 4.39 Å². The molecule has 0 aromatic heterocycles. The number of carbonyl (C=O) groups is 1. The summed E-state index contributed by atoms with van der Waals surface area (Å²) in [5.41, 5.74) is 12.6. The molecule has 45 heavy (non-hydrogen) atoms. The summed E-state index contributed by atoms with van der Waals surface area (Å²) >= 11 is 0. The minimum absolute atomic E-state index is 0.240. The number of amides is 1. The maximum atomic E-state index is 15.3. The zero-order valence-corrected chi connectivity index (χ0v) is 26.1. The lowest BCUT2D eigenvalue weighted by Gasteiger charge is -2.33. The lowest BCUT2D eigenvalue weighted by atomic mass is 9.78. The third kappa shape index (κ3) is 9.28. The highest BCUT2D eigenvalue weighted by atomic mass is 19.4. The summed E-state index contributed by atoms with van der Waals surface area (Å²) in [6, 6.07) is 10.3. The van der Waals surface area contributed by atoms with Gasteiger partial charge in [0.25, 0.3) is 5.91 Å². The number of benzene rings is 2. The van der Waals surface area contributed by atoms with Gasteiger partial charge in [0.05, 0.1) is 16.8 Å². The maximum Gasteiger partial charge on any atom is 0.415 e. The molecule has 1 unspecified atom stereocenters. The van der Waals surface area contributed by atoms with Crippen LogP contribution in [0.1, 0.15) is 57.6 Å². The van der Waals surface area contributed by atoms with Crippen molar-refractivity contribution in [3.8, 4) is 0 Å². The van der Waals surface area contributed by atoms with Crippen molar-refractivity contribution in [3.63, 3.8) is 0 Å². The SMILES string of the molecule is C=C(/C=C(/C(=O)Nc1cc(C(N)(CCC2CC2)/C(C=C(C)C)=C/C=C\C)ccc1F)N(C)c1cccc(C(=N)N)c1)C(F)(F)F. The summed E-state index contributed by atoms with van der Waals surface area (Å²) in [6.07, 6.45) is 7.08. The van der Waals surface area contributed by atoms with Gasteiger partial charge < -0.3 is 21.7 Å². The summed E-state index contributed by atoms with van der Waals surface area (Å²) in [5, 5.41) is 10.2. The summed E-state index contributed by atoms with van der Waals surface area (Å²) in [7, 11) is 1.38. The first-order valence-corrected chi connectivity index (χ1v) is 14.6. The van der Waals surface area contributed by atoms with Crippen LogP contribution in [0.4, 0.5) is 28.9 Å². The van der Waals surface area contributed by atoms with Crippen molar-refractivity contribution >= 4 is 23.1 Å². The molecule has 6 nitrogen and oxygen atoms in total. The molecule has 0 saturated heterocycles. The number of halogens is 4. The number of anilines is 2. The number of nitrogens with one attached hydrogen (secondary N) is 2. The Morgan fingerprint density at radius 2 is 1.84 bits per heavy atom. The Bertz CT molecular complexity index is 1560. The number of nitrogen functional groups attached to an aromatic ring is 1. The van der Waals surface area contributed by atoms with Crippen molar-refractivity contribution in [1.82, 2.24) is 0 Å². The van der Waals surface area contributed by atoms with Crippen LogP contribution in [0, 0.1) is 17.1 Å². The topological polar surface area (TPSA) is 108 Å². The Morgan fingerprint density at radius 1 is 1.16 bits per heavy atom. The van der Waals surface area contributed by atoms with Gasteiger partial charge in [0.1, 0.15) is 17.3 Å². The lowest BCUT2D eigenvalue weighted by Crippen LogP contribution is -2.39. The van der Waals surface area contributed by atoms with Gasteiger partial charge in [0.2, 0.25) is 0 Å². The van der Waals surface area contributed by atoms with Crippen LogP contribution < -0.4 is 21.7 Å². The van der Waals surface area contributed by atoms with Gasteiger partial charge in [-0.15, -0.1) is 0 Å². The molecule has 0 bridgehead atoms. The van der Waals surface area contributed by atoms with E-state index in [4.69, 9.17) is 16.9 Å². The maximum absolute atomic E-state index is 15.3. The van der Waals surface area contributed by atoms with E-state index in [9.17, 15) is 18.0 Å². The van der Waals surface area contributed by atoms with E-state index in [1.165, 1.54) is 36.2 Å². The van der Waals surface area contributed by atoms with Crippen molar-refractivity contribution in [2.24, 2.45) is 17.4 Å². The first kappa shape index (κ1) is 35.0. The van der Waals surface area contributed by atoms with E-state index in [0.29, 0.717) is 29.5 Å². The van der Waals surface area contributed by atoms with Crippen molar-refractivity contribution in [3.05, 3.63) is 119 Å². The van der Waals surface area contributed by atoms with Crippen LogP contribution in [0.5, 0.6) is 0 Å². The van der Waals surface area contributed by atoms with Crippen LogP contribution in [-0.2, 0) is 10.3 Å². The zero-order chi connectivity index (χ0) is 33.5. The molecule has 240 valence electrons. The number of nitrogens with two attached hydrogens (primary N) is 2. The fourth-order valence-corrected chi connectivity index (χ4v) is 4.80. The van der Waals surface area contributed by atoms with E-state index in [-0.39, 0.29) is 17.2 Å². The molecule has 1 fully saturated rings. The van der Waals surface area contributed by atoms with Crippen molar-refractivity contribution in [1.29, 1.82) is 5.41 Å². The molecule has 1 saturated carbocycles. The first-order chi connectivity index (χ1) is 21.1. The van der Waals surface area contributed by atoms with Gasteiger partial charge in [-0.1, -0.05) is 67.5 Å². The van der Waals surface area contributed by atoms with Crippen molar-refractivity contribution in [2.45, 2.75) is 58.2 Å². The highest BCUT2D eigenvalue weighted by Gasteiger charge is 2.35. The number of nitrogens with zero attached hydrogens (tertiary/aromatic N) is 1. The van der Waals surface area contributed by atoms with Crippen LogP contribution in [0.15, 0.2) is 102 Å². The lowest BCUT2D eigenvalue weighted by molar-refractivity contribution is -0.113. The van der Waals surface area contributed by atoms with Gasteiger partial charge in [0, 0.05) is 18.3 Å². The molecule has 0 spiro atoms. The predicted octanol–water partition coefficient (Wildman–Crippen LogP) is 8.00. The normalized spacial score (nSPS) is 15.4. The molecule has 2 aromatic rings. The third-order valence-electron chi connectivity index (χ3n) is 7.61. The average Bonchev–Trinajstić information content (AvgIpc) is 3.81. The Labute approximate surface area is 262 Å². The van der Waals surface area contributed by atoms with Crippen molar-refractivity contribution in [2.75, 3.05) is 17.3 Å². The van der Waals surface area contributed by atoms with Crippen LogP contribution in [0.25, 0.3) is 0 Å². The Hall–Kier alpha value is -4.44. The van der Waals surface area contributed by atoms with Gasteiger partial charge >= 0.3 is 6.18 Å². The molecule has 6 N–H and O–H groups in total. The second-order valence-corrected chi connectivity index (χ2v) is 11.5. The summed E-state index contributed by atoms with van der Waals surface area (Å²) in [6.45, 7) is 8.87. The smallest absolute Gasteiger partial charge is 0.384 e. The van der Waals surface area contributed by atoms with E-state index in [0.717, 1.165) is 30.4 Å². The molecule has 3 rings (SSSR count). The molecule has 0 heterocycles. The van der Waals surface area contributed by atoms with E-state index in [2.05, 4.69) is 11.9 Å². The van der Waals surface area contributed by atoms with Gasteiger partial charge in [-0.3, -0.25) is 10.2 Å². The first-order valence-electron chi connectivity index (χ1n) is 14.6. The number of rotatable bonds is 13. The quantitative estimate of drug-likeness (QED) is 0.0596. The second kappa shape index (κ2) is 14.6. The van der Waals surface area contributed by atoms with Gasteiger partial charge in [-0.2, -0.15) is 13.2 Å². The molecular weight excluding hydrogens is 582 g/mol. The number of likely N-dealkylation sites (N-methyl/N-ethyl adjacent to an activating group) is 1. The number of allylic oxidation sites excluding steroid dienone is 6. The van der Waals surface area contributed by atoms with Crippen LogP contribution >= 0.6 is 0 Å². The Balaban J connectivity index is 2.09. The highest BCUT2D eigenvalue weighted by molar-refractivity contribution is 6.07. The zero-order valence-electron chi connectivity index (χ0n) is 26.1. The number of hydrogen-bond donors (Lipinski definition) is 4. The Kier molecular flexibility index (Phi) is 11.3. The van der Waals surface area contributed by atoms with E-state index >= 15 is 4.39 Å². The molecule has 1 amide bonds. The molecule has 0 radical (unpaired) electrons. The monoisotopic (exact) mass is 623 g/mol. The molecular formula is C35H41F4N5O. The Morgan fingerprint density at radius 3 is 2.42 bits per heavy atom. The van der Waals surface area contributed by atoms with Gasteiger partial charge in [0.15, 0.2) is 0 Å². The molecule has 1 aliphatic rings. The summed E-state index contributed by atoms with van der Waals surface area (Å²) in [4.78, 5) is 14.8. The molecule has 1 aliphatic carbocycles. The average molecular weight is 624 g/mol. The minimum atomic E-state index is -4.82. The number of alkyl halides is 3. The summed E-state index contributed by atoms with van der Waals surface area (Å²) in [5.74, 6) is -1.50. The molecule has 1 atom stereocenters. The molecule has 2 aromatic carbocycles. The van der Waals surface area contributed by atoms with Crippen molar-refractivity contribution < 1.29 is 22.4 Å².